The van der Waals surface area contributed by atoms with Gasteiger partial charge >= 0.3 is 0 Å². The zero-order chi connectivity index (χ0) is 89.0. The molecule has 0 aromatic heterocycles. The second kappa shape index (κ2) is 61.6. The molecule has 117 heavy (non-hydrogen) atoms. The number of nitrogens with zero attached hydrogens (tertiary/aromatic N) is 12. The van der Waals surface area contributed by atoms with Crippen LogP contribution in [0.15, 0.2) is 0 Å². The summed E-state index contributed by atoms with van der Waals surface area (Å²) < 4.78 is 0. The molecule has 0 fully saturated rings. The largest absolute Gasteiger partial charge is 0.368 e. The molecule has 0 spiro atoms. The second-order valence-corrected chi connectivity index (χ2v) is 34.5. The summed E-state index contributed by atoms with van der Waals surface area (Å²) in [6, 6.07) is -0.863. The van der Waals surface area contributed by atoms with E-state index in [4.69, 9.17) is 34.4 Å². The lowest BCUT2D eigenvalue weighted by Crippen LogP contribution is -2.46. The van der Waals surface area contributed by atoms with Crippen LogP contribution in [0.5, 0.6) is 0 Å². The van der Waals surface area contributed by atoms with E-state index in [-0.39, 0.29) is 326 Å². The van der Waals surface area contributed by atoms with Crippen molar-refractivity contribution in [1.82, 2.24) is 64.1 Å². The number of primary amides is 1. The second-order valence-electron chi connectivity index (χ2n) is 34.5. The number of rotatable bonds is 66. The van der Waals surface area contributed by atoms with Crippen LogP contribution in [0.2, 0.25) is 0 Å². The summed E-state index contributed by atoms with van der Waals surface area (Å²) in [6.45, 7) is 38.9. The van der Waals surface area contributed by atoms with Crippen LogP contribution in [0, 0.1) is 47.3 Å². The molecule has 676 valence electrons. The van der Waals surface area contributed by atoms with Crippen LogP contribution in [-0.2, 0) is 67.1 Å². The van der Waals surface area contributed by atoms with Crippen molar-refractivity contribution in [3.05, 3.63) is 0 Å². The van der Waals surface area contributed by atoms with Crippen LogP contribution in [0.1, 0.15) is 214 Å². The van der Waals surface area contributed by atoms with Crippen LogP contribution < -0.4 is 39.7 Å². The van der Waals surface area contributed by atoms with E-state index in [2.05, 4.69) is 5.32 Å². The number of hydrogen-bond acceptors (Lipinski definition) is 19. The molecule has 0 saturated heterocycles. The monoisotopic (exact) mass is 1660 g/mol. The molecule has 13 N–H and O–H groups in total. The number of nitrogens with two attached hydrogens (primary N) is 6. The number of carbonyl (C=O) groups is 14. The van der Waals surface area contributed by atoms with E-state index in [1.807, 2.05) is 111 Å². The first kappa shape index (κ1) is 109. The minimum Gasteiger partial charge on any atom is -0.368 e. The van der Waals surface area contributed by atoms with E-state index in [0.717, 1.165) is 0 Å². The number of nitrogens with one attached hydrogen (secondary N) is 1. The summed E-state index contributed by atoms with van der Waals surface area (Å²) >= 11 is 0. The number of amides is 14. The summed E-state index contributed by atoms with van der Waals surface area (Å²) in [5.74, 6) is -3.43. The Hall–Kier alpha value is -7.62. The Morgan fingerprint density at radius 2 is 0.402 bits per heavy atom. The molecule has 0 heterocycles. The molecule has 0 aromatic carbocycles. The van der Waals surface area contributed by atoms with E-state index < -0.39 is 17.9 Å². The molecule has 0 bridgehead atoms. The predicted molar refractivity (Wildman–Crippen MR) is 459 cm³/mol. The highest BCUT2D eigenvalue weighted by molar-refractivity contribution is 5.88. The Morgan fingerprint density at radius 3 is 0.573 bits per heavy atom. The third-order valence-corrected chi connectivity index (χ3v) is 19.4. The third kappa shape index (κ3) is 49.5. The minimum atomic E-state index is -0.863. The van der Waals surface area contributed by atoms with Gasteiger partial charge in [0.1, 0.15) is 6.04 Å². The first-order chi connectivity index (χ1) is 55.0. The van der Waals surface area contributed by atoms with Crippen LogP contribution in [-0.4, -0.2) is 337 Å². The summed E-state index contributed by atoms with van der Waals surface area (Å²) in [7, 11) is 0. The Labute approximate surface area is 702 Å². The number of carbonyl (C=O) groups excluding carboxylic acids is 14. The number of hydrogen-bond donors (Lipinski definition) is 7. The minimum absolute atomic E-state index is 0.0135. The fraction of sp³-hybridized carbons (Fsp3) is 0.833. The molecule has 0 unspecified atom stereocenters. The van der Waals surface area contributed by atoms with Gasteiger partial charge in [0.2, 0.25) is 82.7 Å². The van der Waals surface area contributed by atoms with Crippen LogP contribution in [0.3, 0.4) is 0 Å². The lowest BCUT2D eigenvalue weighted by Gasteiger charge is -2.31. The van der Waals surface area contributed by atoms with E-state index in [1.54, 1.807) is 44.1 Å². The van der Waals surface area contributed by atoms with E-state index in [9.17, 15) is 67.1 Å². The van der Waals surface area contributed by atoms with Crippen molar-refractivity contribution >= 4 is 82.7 Å². The van der Waals surface area contributed by atoms with Gasteiger partial charge < -0.3 is 98.5 Å². The molecule has 0 aliphatic carbocycles. The highest BCUT2D eigenvalue weighted by Gasteiger charge is 2.30. The molecule has 0 aromatic rings. The first-order valence-electron chi connectivity index (χ1n) is 43.4. The molecule has 1 atom stereocenters. The van der Waals surface area contributed by atoms with Crippen molar-refractivity contribution in [3.63, 3.8) is 0 Å². The molecule has 0 saturated carbocycles. The summed E-state index contributed by atoms with van der Waals surface area (Å²) in [5, 5.41) is 2.65. The average Bonchev–Trinajstić information content (AvgIpc) is 0.887. The van der Waals surface area contributed by atoms with E-state index in [1.165, 1.54) is 21.6 Å². The zero-order valence-corrected chi connectivity index (χ0v) is 75.4. The van der Waals surface area contributed by atoms with Crippen LogP contribution in [0.25, 0.3) is 0 Å². The summed E-state index contributed by atoms with van der Waals surface area (Å²) in [6.07, 6.45) is 1.34. The summed E-state index contributed by atoms with van der Waals surface area (Å²) in [4.78, 5) is 210. The van der Waals surface area contributed by atoms with E-state index in [0.29, 0.717) is 78.2 Å². The maximum atomic E-state index is 14.2. The van der Waals surface area contributed by atoms with Gasteiger partial charge in [-0.05, 0) is 73.2 Å². The molecule has 33 heteroatoms. The van der Waals surface area contributed by atoms with Gasteiger partial charge in [0.25, 0.3) is 0 Å². The maximum absolute atomic E-state index is 14.2. The van der Waals surface area contributed by atoms with Crippen molar-refractivity contribution in [3.8, 4) is 0 Å². The average molecular weight is 1660 g/mol. The topological polar surface area (TPSA) is 446 Å². The zero-order valence-electron chi connectivity index (χ0n) is 75.4. The molecule has 0 aliphatic rings. The predicted octanol–water partition coefficient (Wildman–Crippen LogP) is 2.81. The Balaban J connectivity index is 6.09. The third-order valence-electron chi connectivity index (χ3n) is 19.4. The van der Waals surface area contributed by atoms with Gasteiger partial charge in [-0.15, -0.1) is 0 Å². The van der Waals surface area contributed by atoms with Crippen molar-refractivity contribution in [2.24, 2.45) is 81.7 Å². The highest BCUT2D eigenvalue weighted by atomic mass is 16.2. The van der Waals surface area contributed by atoms with Gasteiger partial charge in [-0.2, -0.15) is 0 Å². The Kier molecular flexibility index (Phi) is 57.6. The molecule has 0 rings (SSSR count). The van der Waals surface area contributed by atoms with Crippen LogP contribution in [0.4, 0.5) is 0 Å². The molecular weight excluding hydrogens is 1500 g/mol. The fourth-order valence-electron chi connectivity index (χ4n) is 13.8. The fourth-order valence-corrected chi connectivity index (χ4v) is 13.8. The standard InChI is InChI=1S/C84H161N19O14/c1-62(2)54-96(70(17)104)42-25-80(113)97(55-63(3)4)44-27-74(107)93(51-35-87)39-22-77(110)102(60-68(13)14)48-31-82(115)99(57-65(7)8)46-29-76(109)95(53-37-89)41-24-79(112)103(61-69(15)16)49-32-83(116)100(58-66(9)10)45-28-75(108)94(52-36-88)40-23-78(111)101(59-67(11)12)47-30-81(114)98(56-64(5)6)43-26-73(106)92(50-34-86)38-21-72(105)91-71(84(90)117)20-18-19-33-85/h62-69,71H,18-61,85-89H2,1-17H3,(H2,90,117)(H,91,105)/t71-/m0/s1. The normalized spacial score (nSPS) is 11.7. The Morgan fingerprint density at radius 1 is 0.231 bits per heavy atom. The SMILES string of the molecule is CC(=O)N(CCC(=O)N(CCC(=O)N(CCN)CCC(=O)N(CCC(=O)N(CCC(=O)N(CCN)CCC(=O)N(CCC(=O)N(CCC(=O)N(CCN)CCC(=O)N(CCC(=O)N(CCC(=O)N(CCN)CCC(=O)N[C@@H](CCCCN)C(N)=O)CC(C)C)CC(C)C)CC(C)C)CC(C)C)CC(C)C)CC(C)C)CC(C)C)CC(C)C. The molecule has 14 amide bonds. The Bertz CT molecular complexity index is 2970. The first-order valence-corrected chi connectivity index (χ1v) is 43.4. The quantitative estimate of drug-likeness (QED) is 0.0430. The van der Waals surface area contributed by atoms with Gasteiger partial charge in [-0.3, -0.25) is 67.1 Å². The molecular formula is C84H161N19O14. The van der Waals surface area contributed by atoms with Gasteiger partial charge in [-0.25, -0.2) is 0 Å². The highest BCUT2D eigenvalue weighted by Crippen LogP contribution is 2.17. The lowest BCUT2D eigenvalue weighted by atomic mass is 10.1. The lowest BCUT2D eigenvalue weighted by molar-refractivity contribution is -0.139. The number of unbranched alkanes of at least 4 members (excludes halogenated alkanes) is 1. The van der Waals surface area contributed by atoms with Crippen LogP contribution >= 0.6 is 0 Å². The van der Waals surface area contributed by atoms with Gasteiger partial charge in [-0.1, -0.05) is 111 Å². The molecule has 0 radical (unpaired) electrons. The van der Waals surface area contributed by atoms with Crippen molar-refractivity contribution in [2.75, 3.05) is 190 Å². The maximum Gasteiger partial charge on any atom is 0.239 e. The molecule has 0 aliphatic heterocycles. The molecule has 33 nitrogen and oxygen atoms in total. The summed E-state index contributed by atoms with van der Waals surface area (Å²) in [5.41, 5.74) is 35.0. The van der Waals surface area contributed by atoms with Crippen molar-refractivity contribution < 1.29 is 67.1 Å². The van der Waals surface area contributed by atoms with Crippen molar-refractivity contribution in [1.29, 1.82) is 0 Å². The van der Waals surface area contributed by atoms with Gasteiger partial charge in [0, 0.05) is 267 Å². The van der Waals surface area contributed by atoms with E-state index >= 15 is 0 Å². The van der Waals surface area contributed by atoms with Crippen molar-refractivity contribution in [2.45, 2.75) is 220 Å². The van der Waals surface area contributed by atoms with Gasteiger partial charge in [0.15, 0.2) is 0 Å². The smallest absolute Gasteiger partial charge is 0.239 e. The van der Waals surface area contributed by atoms with Gasteiger partial charge in [0.05, 0.1) is 0 Å².